The molecule has 4 nitrogen and oxygen atoms in total. The van der Waals surface area contributed by atoms with Gasteiger partial charge in [-0.15, -0.1) is 0 Å². The third kappa shape index (κ3) is 2.74. The van der Waals surface area contributed by atoms with E-state index in [2.05, 4.69) is 34.4 Å². The summed E-state index contributed by atoms with van der Waals surface area (Å²) < 4.78 is 0. The Bertz CT molecular complexity index is 391. The summed E-state index contributed by atoms with van der Waals surface area (Å²) in [5.41, 5.74) is 1.19. The molecule has 1 aromatic heterocycles. The average molecular weight is 248 g/mol. The molecule has 4 heteroatoms. The highest BCUT2D eigenvalue weighted by atomic mass is 15.1. The van der Waals surface area contributed by atoms with Crippen molar-refractivity contribution in [3.63, 3.8) is 0 Å². The molecular formula is C14H24N4. The van der Waals surface area contributed by atoms with Crippen molar-refractivity contribution in [3.8, 4) is 0 Å². The standard InChI is InChI=1S/C14H24N4/c1-4-12-13(15-3)17-9-18-14(12)16-8-11-7-5-6-10(11)2/h9-11H,4-8H2,1-3H3,(H2,15,16,17,18). The molecule has 18 heavy (non-hydrogen) atoms. The Morgan fingerprint density at radius 2 is 2.06 bits per heavy atom. The monoisotopic (exact) mass is 248 g/mol. The van der Waals surface area contributed by atoms with E-state index >= 15 is 0 Å². The van der Waals surface area contributed by atoms with Crippen molar-refractivity contribution in [1.82, 2.24) is 9.97 Å². The van der Waals surface area contributed by atoms with Crippen LogP contribution in [0, 0.1) is 11.8 Å². The molecule has 100 valence electrons. The highest BCUT2D eigenvalue weighted by Crippen LogP contribution is 2.31. The molecule has 1 fully saturated rings. The molecule has 0 bridgehead atoms. The van der Waals surface area contributed by atoms with Gasteiger partial charge in [-0.3, -0.25) is 0 Å². The van der Waals surface area contributed by atoms with Crippen LogP contribution in [0.5, 0.6) is 0 Å². The predicted octanol–water partition coefficient (Wildman–Crippen LogP) is 2.93. The lowest BCUT2D eigenvalue weighted by molar-refractivity contribution is 0.439. The van der Waals surface area contributed by atoms with Gasteiger partial charge in [0, 0.05) is 19.2 Å². The first-order valence-corrected chi connectivity index (χ1v) is 7.01. The van der Waals surface area contributed by atoms with Crippen molar-refractivity contribution >= 4 is 11.6 Å². The van der Waals surface area contributed by atoms with Crippen LogP contribution in [0.3, 0.4) is 0 Å². The first-order valence-electron chi connectivity index (χ1n) is 7.01. The summed E-state index contributed by atoms with van der Waals surface area (Å²) in [6.45, 7) is 5.54. The van der Waals surface area contributed by atoms with Crippen LogP contribution in [-0.4, -0.2) is 23.6 Å². The molecule has 2 rings (SSSR count). The molecule has 0 saturated heterocycles. The normalized spacial score (nSPS) is 23.1. The van der Waals surface area contributed by atoms with E-state index < -0.39 is 0 Å². The highest BCUT2D eigenvalue weighted by Gasteiger charge is 2.23. The second kappa shape index (κ2) is 6.03. The van der Waals surface area contributed by atoms with Crippen LogP contribution in [0.2, 0.25) is 0 Å². The van der Waals surface area contributed by atoms with Crippen LogP contribution in [0.15, 0.2) is 6.33 Å². The smallest absolute Gasteiger partial charge is 0.134 e. The van der Waals surface area contributed by atoms with Gasteiger partial charge in [0.1, 0.15) is 18.0 Å². The Hall–Kier alpha value is -1.32. The molecule has 0 radical (unpaired) electrons. The van der Waals surface area contributed by atoms with Gasteiger partial charge in [-0.2, -0.15) is 0 Å². The second-order valence-corrected chi connectivity index (χ2v) is 5.20. The zero-order chi connectivity index (χ0) is 13.0. The summed E-state index contributed by atoms with van der Waals surface area (Å²) in [4.78, 5) is 8.64. The molecule has 1 heterocycles. The SMILES string of the molecule is CCc1c(NC)ncnc1NCC1CCCC1C. The number of hydrogen-bond donors (Lipinski definition) is 2. The Labute approximate surface area is 110 Å². The average Bonchev–Trinajstić information content (AvgIpc) is 2.81. The van der Waals surface area contributed by atoms with Crippen LogP contribution >= 0.6 is 0 Å². The first kappa shape index (κ1) is 13.1. The summed E-state index contributed by atoms with van der Waals surface area (Å²) in [5.74, 6) is 3.57. The summed E-state index contributed by atoms with van der Waals surface area (Å²) >= 11 is 0. The van der Waals surface area contributed by atoms with Crippen molar-refractivity contribution in [2.45, 2.75) is 39.5 Å². The fourth-order valence-corrected chi connectivity index (χ4v) is 2.87. The predicted molar refractivity (Wildman–Crippen MR) is 76.0 cm³/mol. The number of aromatic nitrogens is 2. The maximum absolute atomic E-state index is 4.38. The number of nitrogens with zero attached hydrogens (tertiary/aromatic N) is 2. The lowest BCUT2D eigenvalue weighted by atomic mass is 9.98. The molecule has 2 N–H and O–H groups in total. The fraction of sp³-hybridized carbons (Fsp3) is 0.714. The lowest BCUT2D eigenvalue weighted by Crippen LogP contribution is -2.18. The van der Waals surface area contributed by atoms with Crippen LogP contribution in [0.1, 0.15) is 38.7 Å². The van der Waals surface area contributed by atoms with Crippen molar-refractivity contribution in [1.29, 1.82) is 0 Å². The summed E-state index contributed by atoms with van der Waals surface area (Å²) in [6.07, 6.45) is 6.67. The molecule has 0 aliphatic heterocycles. The van der Waals surface area contributed by atoms with Crippen molar-refractivity contribution < 1.29 is 0 Å². The summed E-state index contributed by atoms with van der Waals surface area (Å²) in [6, 6.07) is 0. The Balaban J connectivity index is 2.04. The van der Waals surface area contributed by atoms with Crippen molar-refractivity contribution in [3.05, 3.63) is 11.9 Å². The fourth-order valence-electron chi connectivity index (χ4n) is 2.87. The summed E-state index contributed by atoms with van der Waals surface area (Å²) in [5, 5.41) is 6.65. The number of anilines is 2. The van der Waals surface area contributed by atoms with Gasteiger partial charge < -0.3 is 10.6 Å². The van der Waals surface area contributed by atoms with E-state index in [1.165, 1.54) is 24.8 Å². The van der Waals surface area contributed by atoms with Gasteiger partial charge in [-0.05, 0) is 24.7 Å². The minimum Gasteiger partial charge on any atom is -0.373 e. The second-order valence-electron chi connectivity index (χ2n) is 5.20. The molecule has 0 spiro atoms. The minimum absolute atomic E-state index is 0.794. The molecule has 0 aromatic carbocycles. The van der Waals surface area contributed by atoms with Crippen LogP contribution in [0.4, 0.5) is 11.6 Å². The molecule has 1 saturated carbocycles. The van der Waals surface area contributed by atoms with Crippen LogP contribution in [0.25, 0.3) is 0 Å². The van der Waals surface area contributed by atoms with Gasteiger partial charge in [-0.1, -0.05) is 26.7 Å². The largest absolute Gasteiger partial charge is 0.373 e. The van der Waals surface area contributed by atoms with E-state index in [1.807, 2.05) is 7.05 Å². The minimum atomic E-state index is 0.794. The Kier molecular flexibility index (Phi) is 4.39. The maximum Gasteiger partial charge on any atom is 0.134 e. The van der Waals surface area contributed by atoms with E-state index in [0.717, 1.165) is 36.4 Å². The molecule has 2 unspecified atom stereocenters. The van der Waals surface area contributed by atoms with Gasteiger partial charge in [0.05, 0.1) is 0 Å². The number of hydrogen-bond acceptors (Lipinski definition) is 4. The first-order chi connectivity index (χ1) is 8.76. The topological polar surface area (TPSA) is 49.8 Å². The number of rotatable bonds is 5. The zero-order valence-electron chi connectivity index (χ0n) is 11.7. The van der Waals surface area contributed by atoms with Gasteiger partial charge in [-0.25, -0.2) is 9.97 Å². The highest BCUT2D eigenvalue weighted by molar-refractivity contribution is 5.57. The van der Waals surface area contributed by atoms with E-state index in [-0.39, 0.29) is 0 Å². The summed E-state index contributed by atoms with van der Waals surface area (Å²) in [7, 11) is 1.91. The van der Waals surface area contributed by atoms with Crippen molar-refractivity contribution in [2.75, 3.05) is 24.2 Å². The van der Waals surface area contributed by atoms with Crippen LogP contribution < -0.4 is 10.6 Å². The maximum atomic E-state index is 4.38. The molecule has 1 aliphatic carbocycles. The van der Waals surface area contributed by atoms with Gasteiger partial charge in [0.15, 0.2) is 0 Å². The third-order valence-electron chi connectivity index (χ3n) is 4.11. The Morgan fingerprint density at radius 3 is 2.67 bits per heavy atom. The quantitative estimate of drug-likeness (QED) is 0.841. The van der Waals surface area contributed by atoms with Crippen LogP contribution in [-0.2, 0) is 6.42 Å². The van der Waals surface area contributed by atoms with E-state index in [9.17, 15) is 0 Å². The van der Waals surface area contributed by atoms with Gasteiger partial charge in [0.2, 0.25) is 0 Å². The van der Waals surface area contributed by atoms with E-state index in [0.29, 0.717) is 0 Å². The lowest BCUT2D eigenvalue weighted by Gasteiger charge is -2.18. The van der Waals surface area contributed by atoms with E-state index in [1.54, 1.807) is 6.33 Å². The third-order valence-corrected chi connectivity index (χ3v) is 4.11. The molecule has 1 aromatic rings. The van der Waals surface area contributed by atoms with E-state index in [4.69, 9.17) is 0 Å². The number of nitrogens with one attached hydrogen (secondary N) is 2. The molecule has 1 aliphatic rings. The van der Waals surface area contributed by atoms with Gasteiger partial charge >= 0.3 is 0 Å². The molecular weight excluding hydrogens is 224 g/mol. The van der Waals surface area contributed by atoms with Crippen molar-refractivity contribution in [2.24, 2.45) is 11.8 Å². The zero-order valence-corrected chi connectivity index (χ0v) is 11.7. The van der Waals surface area contributed by atoms with Gasteiger partial charge in [0.25, 0.3) is 0 Å². The Morgan fingerprint density at radius 1 is 1.28 bits per heavy atom. The molecule has 0 amide bonds. The molecule has 2 atom stereocenters.